The molecule has 1 spiro atoms. The van der Waals surface area contributed by atoms with Gasteiger partial charge in [0.1, 0.15) is 6.10 Å². The van der Waals surface area contributed by atoms with E-state index in [1.807, 2.05) is 6.92 Å². The highest BCUT2D eigenvalue weighted by Crippen LogP contribution is 2.36. The quantitative estimate of drug-likeness (QED) is 0.811. The van der Waals surface area contributed by atoms with E-state index in [-0.39, 0.29) is 11.9 Å². The van der Waals surface area contributed by atoms with Crippen molar-refractivity contribution in [3.8, 4) is 5.88 Å². The van der Waals surface area contributed by atoms with Crippen LogP contribution in [0.25, 0.3) is 0 Å². The predicted octanol–water partition coefficient (Wildman–Crippen LogP) is 0.747. The molecule has 2 aliphatic rings. The number of aromatic nitrogens is 2. The van der Waals surface area contributed by atoms with E-state index in [0.717, 1.165) is 12.1 Å². The highest BCUT2D eigenvalue weighted by molar-refractivity contribution is 7.89. The van der Waals surface area contributed by atoms with E-state index in [0.29, 0.717) is 32.0 Å². The molecule has 0 aromatic carbocycles. The van der Waals surface area contributed by atoms with Crippen molar-refractivity contribution < 1.29 is 17.9 Å². The average molecular weight is 327 g/mol. The van der Waals surface area contributed by atoms with Crippen molar-refractivity contribution in [1.29, 1.82) is 0 Å². The monoisotopic (exact) mass is 327 g/mol. The lowest BCUT2D eigenvalue weighted by Gasteiger charge is -2.51. The molecule has 0 amide bonds. The fourth-order valence-corrected chi connectivity index (χ4v) is 4.18. The highest BCUT2D eigenvalue weighted by atomic mass is 32.2. The molecule has 3 heterocycles. The summed E-state index contributed by atoms with van der Waals surface area (Å²) in [4.78, 5) is 8.36. The van der Waals surface area contributed by atoms with Gasteiger partial charge in [0, 0.05) is 32.1 Å². The van der Waals surface area contributed by atoms with Crippen LogP contribution in [0.15, 0.2) is 12.4 Å². The van der Waals surface area contributed by atoms with Crippen LogP contribution in [0, 0.1) is 6.92 Å². The molecule has 0 radical (unpaired) electrons. The van der Waals surface area contributed by atoms with Gasteiger partial charge in [0.25, 0.3) is 0 Å². The van der Waals surface area contributed by atoms with Crippen LogP contribution in [-0.4, -0.2) is 59.8 Å². The van der Waals surface area contributed by atoms with Gasteiger partial charge in [-0.25, -0.2) is 13.4 Å². The first kappa shape index (κ1) is 15.6. The first-order chi connectivity index (χ1) is 10.4. The number of ether oxygens (including phenoxy) is 2. The Bertz CT molecular complexity index is 643. The van der Waals surface area contributed by atoms with Gasteiger partial charge in [0.05, 0.1) is 29.9 Å². The predicted molar refractivity (Wildman–Crippen MR) is 80.1 cm³/mol. The second-order valence-electron chi connectivity index (χ2n) is 5.93. The summed E-state index contributed by atoms with van der Waals surface area (Å²) in [5, 5.41) is 0. The molecule has 2 saturated heterocycles. The number of aryl methyl sites for hydroxylation is 1. The molecule has 22 heavy (non-hydrogen) atoms. The van der Waals surface area contributed by atoms with Crippen molar-refractivity contribution in [2.75, 3.05) is 25.4 Å². The molecule has 0 bridgehead atoms. The highest BCUT2D eigenvalue weighted by Gasteiger charge is 2.51. The fourth-order valence-electron chi connectivity index (χ4n) is 2.95. The third-order valence-electron chi connectivity index (χ3n) is 4.16. The summed E-state index contributed by atoms with van der Waals surface area (Å²) >= 11 is 0. The van der Waals surface area contributed by atoms with Gasteiger partial charge in [-0.1, -0.05) is 0 Å². The first-order valence-electron chi connectivity index (χ1n) is 7.49. The van der Waals surface area contributed by atoms with Crippen molar-refractivity contribution in [1.82, 2.24) is 14.3 Å². The van der Waals surface area contributed by atoms with E-state index in [4.69, 9.17) is 9.47 Å². The second-order valence-corrected chi connectivity index (χ2v) is 8.19. The summed E-state index contributed by atoms with van der Waals surface area (Å²) in [5.74, 6) is 0.640. The van der Waals surface area contributed by atoms with Gasteiger partial charge in [0.15, 0.2) is 0 Å². The van der Waals surface area contributed by atoms with Crippen LogP contribution in [0.4, 0.5) is 0 Å². The molecule has 3 rings (SSSR count). The lowest BCUT2D eigenvalue weighted by Crippen LogP contribution is -2.67. The van der Waals surface area contributed by atoms with Crippen LogP contribution in [0.1, 0.15) is 25.5 Å². The minimum absolute atomic E-state index is 0.0173. The first-order valence-corrected chi connectivity index (χ1v) is 9.10. The molecule has 2 aliphatic heterocycles. The van der Waals surface area contributed by atoms with Gasteiger partial charge in [-0.15, -0.1) is 0 Å². The van der Waals surface area contributed by atoms with E-state index < -0.39 is 15.6 Å². The molecule has 1 atom stereocenters. The molecular weight excluding hydrogens is 306 g/mol. The molecule has 0 saturated carbocycles. The Labute approximate surface area is 130 Å². The largest absolute Gasteiger partial charge is 0.473 e. The summed E-state index contributed by atoms with van der Waals surface area (Å²) in [7, 11) is -3.13. The molecule has 2 fully saturated rings. The minimum atomic E-state index is -3.13. The van der Waals surface area contributed by atoms with E-state index in [1.54, 1.807) is 19.3 Å². The molecule has 0 N–H and O–H groups in total. The summed E-state index contributed by atoms with van der Waals surface area (Å²) < 4.78 is 36.9. The van der Waals surface area contributed by atoms with Crippen molar-refractivity contribution >= 4 is 10.0 Å². The molecule has 7 nitrogen and oxygen atoms in total. The van der Waals surface area contributed by atoms with Gasteiger partial charge in [-0.2, -0.15) is 4.31 Å². The zero-order chi connectivity index (χ0) is 15.8. The van der Waals surface area contributed by atoms with Crippen LogP contribution < -0.4 is 4.74 Å². The molecule has 1 aromatic heterocycles. The van der Waals surface area contributed by atoms with Gasteiger partial charge in [-0.05, 0) is 13.8 Å². The standard InChI is InChI=1S/C14H21N3O4S/c1-3-22(18,19)17-9-14(10-17)6-12(4-5-20-14)21-13-8-15-7-11(2)16-13/h7-8,12H,3-6,9-10H2,1-2H3/t12-/m0/s1. The van der Waals surface area contributed by atoms with Gasteiger partial charge >= 0.3 is 0 Å². The van der Waals surface area contributed by atoms with Crippen LogP contribution in [0.2, 0.25) is 0 Å². The van der Waals surface area contributed by atoms with Crippen molar-refractivity contribution in [3.63, 3.8) is 0 Å². The maximum absolute atomic E-state index is 11.8. The van der Waals surface area contributed by atoms with E-state index in [9.17, 15) is 8.42 Å². The maximum Gasteiger partial charge on any atom is 0.232 e. The zero-order valence-electron chi connectivity index (χ0n) is 12.9. The van der Waals surface area contributed by atoms with Crippen molar-refractivity contribution in [3.05, 3.63) is 18.1 Å². The smallest absolute Gasteiger partial charge is 0.232 e. The fraction of sp³-hybridized carbons (Fsp3) is 0.714. The van der Waals surface area contributed by atoms with Crippen LogP contribution in [0.3, 0.4) is 0 Å². The van der Waals surface area contributed by atoms with E-state index >= 15 is 0 Å². The van der Waals surface area contributed by atoms with E-state index in [1.165, 1.54) is 4.31 Å². The SMILES string of the molecule is CCS(=O)(=O)N1CC2(C[C@@H](Oc3cncc(C)n3)CCO2)C1. The third-order valence-corrected chi connectivity index (χ3v) is 5.93. The molecular formula is C14H21N3O4S. The third kappa shape index (κ3) is 3.09. The number of nitrogens with zero attached hydrogens (tertiary/aromatic N) is 3. The van der Waals surface area contributed by atoms with Gasteiger partial charge in [-0.3, -0.25) is 4.98 Å². The Balaban J connectivity index is 1.61. The normalized spacial score (nSPS) is 24.9. The van der Waals surface area contributed by atoms with E-state index in [2.05, 4.69) is 9.97 Å². The number of hydrogen-bond acceptors (Lipinski definition) is 6. The van der Waals surface area contributed by atoms with Gasteiger partial charge in [0.2, 0.25) is 15.9 Å². The van der Waals surface area contributed by atoms with Crippen molar-refractivity contribution in [2.45, 2.75) is 38.4 Å². The molecule has 122 valence electrons. The Kier molecular flexibility index (Phi) is 4.09. The topological polar surface area (TPSA) is 81.6 Å². The maximum atomic E-state index is 11.8. The summed E-state index contributed by atoms with van der Waals surface area (Å²) in [6.07, 6.45) is 4.72. The van der Waals surface area contributed by atoms with Crippen LogP contribution in [-0.2, 0) is 14.8 Å². The Hall–Kier alpha value is -1.25. The number of rotatable bonds is 4. The molecule has 8 heteroatoms. The Morgan fingerprint density at radius 2 is 2.23 bits per heavy atom. The number of sulfonamides is 1. The molecule has 0 unspecified atom stereocenters. The van der Waals surface area contributed by atoms with Crippen molar-refractivity contribution in [2.24, 2.45) is 0 Å². The summed E-state index contributed by atoms with van der Waals surface area (Å²) in [5.41, 5.74) is 0.408. The van der Waals surface area contributed by atoms with Crippen LogP contribution in [0.5, 0.6) is 5.88 Å². The summed E-state index contributed by atoms with van der Waals surface area (Å²) in [6.45, 7) is 4.93. The minimum Gasteiger partial charge on any atom is -0.473 e. The lowest BCUT2D eigenvalue weighted by molar-refractivity contribution is -0.165. The van der Waals surface area contributed by atoms with Gasteiger partial charge < -0.3 is 9.47 Å². The zero-order valence-corrected chi connectivity index (χ0v) is 13.7. The average Bonchev–Trinajstić information content (AvgIpc) is 2.45. The molecule has 1 aromatic rings. The summed E-state index contributed by atoms with van der Waals surface area (Å²) in [6, 6.07) is 0. The Morgan fingerprint density at radius 3 is 2.91 bits per heavy atom. The lowest BCUT2D eigenvalue weighted by atomic mass is 9.86. The Morgan fingerprint density at radius 1 is 1.45 bits per heavy atom. The van der Waals surface area contributed by atoms with Crippen LogP contribution >= 0.6 is 0 Å². The molecule has 0 aliphatic carbocycles. The second kappa shape index (κ2) is 5.75. The number of hydrogen-bond donors (Lipinski definition) is 0.